The van der Waals surface area contributed by atoms with E-state index in [4.69, 9.17) is 15.5 Å². The lowest BCUT2D eigenvalue weighted by Crippen LogP contribution is -2.13. The number of nitrogen functional groups attached to an aromatic ring is 1. The van der Waals surface area contributed by atoms with Gasteiger partial charge in [0, 0.05) is 40.6 Å². The van der Waals surface area contributed by atoms with E-state index in [1.165, 1.54) is 6.20 Å². The molecule has 36 heavy (non-hydrogen) atoms. The SMILES string of the molecule is CN(C)Cc1ccn(-c2ncc3c4c(c(-c5ncc(F)c6sc(N)c(C#N)c56)c(P)c3n2)COC4)n1. The summed E-state index contributed by atoms with van der Waals surface area (Å²) >= 11 is 1.05. The van der Waals surface area contributed by atoms with Crippen LogP contribution in [-0.2, 0) is 24.5 Å². The molecule has 0 saturated carbocycles. The topological polar surface area (TPSA) is 119 Å². The normalized spacial score (nSPS) is 13.1. The predicted octanol–water partition coefficient (Wildman–Crippen LogP) is 3.28. The summed E-state index contributed by atoms with van der Waals surface area (Å²) in [5.74, 6) is -0.0847. The van der Waals surface area contributed by atoms with E-state index in [9.17, 15) is 9.65 Å². The summed E-state index contributed by atoms with van der Waals surface area (Å²) < 4.78 is 22.4. The third kappa shape index (κ3) is 3.45. The maximum atomic E-state index is 14.7. The van der Waals surface area contributed by atoms with Gasteiger partial charge in [-0.25, -0.2) is 19.0 Å². The zero-order valence-electron chi connectivity index (χ0n) is 19.4. The molecule has 1 atom stereocenters. The van der Waals surface area contributed by atoms with Gasteiger partial charge in [0.2, 0.25) is 0 Å². The summed E-state index contributed by atoms with van der Waals surface area (Å²) in [6.45, 7) is 1.45. The fourth-order valence-electron chi connectivity index (χ4n) is 4.62. The molecule has 0 fully saturated rings. The van der Waals surface area contributed by atoms with Crippen LogP contribution in [0.4, 0.5) is 9.39 Å². The van der Waals surface area contributed by atoms with Crippen LogP contribution in [0, 0.1) is 17.1 Å². The molecule has 5 aromatic rings. The number of benzene rings is 1. The fraction of sp³-hybridized carbons (Fsp3) is 0.208. The Hall–Kier alpha value is -3.55. The largest absolute Gasteiger partial charge is 0.389 e. The van der Waals surface area contributed by atoms with E-state index in [0.717, 1.165) is 44.4 Å². The van der Waals surface area contributed by atoms with Gasteiger partial charge in [-0.1, -0.05) is 0 Å². The molecular formula is C24H20FN8OPS. The Labute approximate surface area is 211 Å². The predicted molar refractivity (Wildman–Crippen MR) is 140 cm³/mol. The molecule has 180 valence electrons. The highest BCUT2D eigenvalue weighted by atomic mass is 32.1. The molecule has 0 aliphatic carbocycles. The minimum Gasteiger partial charge on any atom is -0.389 e. The summed E-state index contributed by atoms with van der Waals surface area (Å²) in [7, 11) is 6.71. The third-order valence-electron chi connectivity index (χ3n) is 6.16. The second-order valence-electron chi connectivity index (χ2n) is 8.77. The van der Waals surface area contributed by atoms with Gasteiger partial charge in [-0.05, 0) is 31.3 Å². The number of halogens is 1. The van der Waals surface area contributed by atoms with Gasteiger partial charge in [-0.15, -0.1) is 20.6 Å². The van der Waals surface area contributed by atoms with Crippen molar-refractivity contribution in [2.75, 3.05) is 19.8 Å². The quantitative estimate of drug-likeness (QED) is 0.360. The van der Waals surface area contributed by atoms with Crippen molar-refractivity contribution in [1.82, 2.24) is 29.6 Å². The Balaban J connectivity index is 1.62. The van der Waals surface area contributed by atoms with Crippen LogP contribution in [0.5, 0.6) is 0 Å². The molecule has 0 amide bonds. The number of rotatable bonds is 4. The number of nitrogens with two attached hydrogens (primary N) is 1. The van der Waals surface area contributed by atoms with Gasteiger partial charge in [-0.3, -0.25) is 4.98 Å². The summed E-state index contributed by atoms with van der Waals surface area (Å²) in [6, 6.07) is 4.06. The van der Waals surface area contributed by atoms with E-state index >= 15 is 0 Å². The van der Waals surface area contributed by atoms with Gasteiger partial charge in [0.1, 0.15) is 11.1 Å². The van der Waals surface area contributed by atoms with Gasteiger partial charge in [0.05, 0.1) is 46.6 Å². The second kappa shape index (κ2) is 8.54. The van der Waals surface area contributed by atoms with Gasteiger partial charge < -0.3 is 15.4 Å². The number of fused-ring (bicyclic) bond motifs is 4. The molecule has 1 aliphatic rings. The first-order valence-corrected chi connectivity index (χ1v) is 12.4. The van der Waals surface area contributed by atoms with Gasteiger partial charge in [0.15, 0.2) is 5.82 Å². The number of nitriles is 1. The first kappa shape index (κ1) is 22.9. The van der Waals surface area contributed by atoms with Crippen molar-refractivity contribution in [3.63, 3.8) is 0 Å². The molecule has 1 aromatic carbocycles. The number of hydrogen-bond acceptors (Lipinski definition) is 9. The Morgan fingerprint density at radius 1 is 1.28 bits per heavy atom. The minimum atomic E-state index is -0.511. The maximum Gasteiger partial charge on any atom is 0.251 e. The zero-order chi connectivity index (χ0) is 25.1. The molecule has 0 spiro atoms. The van der Waals surface area contributed by atoms with E-state index in [-0.39, 0.29) is 10.6 Å². The van der Waals surface area contributed by atoms with E-state index < -0.39 is 5.82 Å². The van der Waals surface area contributed by atoms with Gasteiger partial charge >= 0.3 is 0 Å². The highest BCUT2D eigenvalue weighted by molar-refractivity contribution is 7.29. The highest BCUT2D eigenvalue weighted by Gasteiger charge is 2.28. The van der Waals surface area contributed by atoms with Crippen LogP contribution in [0.3, 0.4) is 0 Å². The van der Waals surface area contributed by atoms with Crippen molar-refractivity contribution >= 4 is 51.9 Å². The molecule has 1 aliphatic heterocycles. The molecule has 4 aromatic heterocycles. The van der Waals surface area contributed by atoms with E-state index in [1.54, 1.807) is 10.9 Å². The van der Waals surface area contributed by atoms with Crippen LogP contribution in [0.25, 0.3) is 38.2 Å². The summed E-state index contributed by atoms with van der Waals surface area (Å²) in [4.78, 5) is 15.9. The van der Waals surface area contributed by atoms with Crippen LogP contribution in [0.2, 0.25) is 0 Å². The Kier molecular flexibility index (Phi) is 5.43. The number of thiophene rings is 1. The van der Waals surface area contributed by atoms with Crippen LogP contribution < -0.4 is 11.0 Å². The molecule has 6 rings (SSSR count). The molecular weight excluding hydrogens is 498 g/mol. The maximum absolute atomic E-state index is 14.7. The Bertz CT molecular complexity index is 1740. The monoisotopic (exact) mass is 518 g/mol. The average molecular weight is 519 g/mol. The number of hydrogen-bond donors (Lipinski definition) is 1. The van der Waals surface area contributed by atoms with Gasteiger partial charge in [-0.2, -0.15) is 10.4 Å². The lowest BCUT2D eigenvalue weighted by molar-refractivity contribution is 0.135. The van der Waals surface area contributed by atoms with E-state index in [2.05, 4.69) is 30.4 Å². The first-order chi connectivity index (χ1) is 17.4. The van der Waals surface area contributed by atoms with Crippen molar-refractivity contribution in [3.8, 4) is 23.3 Å². The summed E-state index contributed by atoms with van der Waals surface area (Å²) in [5.41, 5.74) is 11.0. The molecule has 12 heteroatoms. The van der Waals surface area contributed by atoms with Crippen molar-refractivity contribution in [1.29, 1.82) is 5.26 Å². The summed E-state index contributed by atoms with van der Waals surface area (Å²) in [6.07, 6.45) is 4.79. The molecule has 0 saturated heterocycles. The van der Waals surface area contributed by atoms with Crippen LogP contribution in [-0.4, -0.2) is 43.7 Å². The fourth-order valence-corrected chi connectivity index (χ4v) is 6.07. The first-order valence-electron chi connectivity index (χ1n) is 11.0. The number of anilines is 1. The highest BCUT2D eigenvalue weighted by Crippen LogP contribution is 2.43. The molecule has 9 nitrogen and oxygen atoms in total. The number of ether oxygens (including phenoxy) is 1. The van der Waals surface area contributed by atoms with E-state index in [1.807, 2.05) is 31.3 Å². The zero-order valence-corrected chi connectivity index (χ0v) is 21.4. The average Bonchev–Trinajstić information content (AvgIpc) is 3.59. The number of aromatic nitrogens is 5. The number of pyridine rings is 1. The smallest absolute Gasteiger partial charge is 0.251 e. The molecule has 2 N–H and O–H groups in total. The third-order valence-corrected chi connectivity index (χ3v) is 7.75. The Morgan fingerprint density at radius 3 is 2.86 bits per heavy atom. The van der Waals surface area contributed by atoms with E-state index in [0.29, 0.717) is 47.0 Å². The molecule has 5 heterocycles. The van der Waals surface area contributed by atoms with Crippen LogP contribution in [0.1, 0.15) is 22.4 Å². The number of nitrogens with zero attached hydrogens (tertiary/aromatic N) is 7. The lowest BCUT2D eigenvalue weighted by Gasteiger charge is -2.16. The van der Waals surface area contributed by atoms with Gasteiger partial charge in [0.25, 0.3) is 5.95 Å². The Morgan fingerprint density at radius 2 is 2.08 bits per heavy atom. The van der Waals surface area contributed by atoms with Crippen molar-refractivity contribution in [3.05, 3.63) is 52.9 Å². The summed E-state index contributed by atoms with van der Waals surface area (Å²) in [5, 5.41) is 16.7. The minimum absolute atomic E-state index is 0.225. The van der Waals surface area contributed by atoms with Crippen LogP contribution >= 0.6 is 20.6 Å². The van der Waals surface area contributed by atoms with Crippen molar-refractivity contribution < 1.29 is 9.13 Å². The van der Waals surface area contributed by atoms with Crippen LogP contribution in [0.15, 0.2) is 24.7 Å². The van der Waals surface area contributed by atoms with Crippen molar-refractivity contribution in [2.45, 2.75) is 19.8 Å². The molecule has 0 radical (unpaired) electrons. The molecule has 1 unspecified atom stereocenters. The molecule has 0 bridgehead atoms. The standard InChI is InChI=1S/C24H20FN8OPS/c1-32(2)8-11-3-4-33(31-11)24-29-6-13-14-9-34-10-15(14)17(21(35)19(13)30-24)20-18-12(5-26)23(27)36-22(18)16(25)7-28-20/h3-4,6-7H,8-10,27,35H2,1-2H3. The van der Waals surface area contributed by atoms with Crippen molar-refractivity contribution in [2.24, 2.45) is 0 Å². The second-order valence-corrected chi connectivity index (χ2v) is 10.4. The lowest BCUT2D eigenvalue weighted by atomic mass is 9.94.